The maximum Gasteiger partial charge on any atom is 0.251 e. The van der Waals surface area contributed by atoms with Crippen LogP contribution in [0.15, 0.2) is 30.3 Å². The first-order valence-electron chi connectivity index (χ1n) is 5.97. The van der Waals surface area contributed by atoms with Crippen molar-refractivity contribution >= 4 is 5.91 Å². The molecule has 0 unspecified atom stereocenters. The van der Waals surface area contributed by atoms with Crippen molar-refractivity contribution in [1.29, 1.82) is 0 Å². The third-order valence-electron chi connectivity index (χ3n) is 2.77. The Balaban J connectivity index is 1.74. The topological polar surface area (TPSA) is 67.8 Å². The highest BCUT2D eigenvalue weighted by Crippen LogP contribution is 2.06. The number of hydrogen-bond donors (Lipinski definition) is 2. The van der Waals surface area contributed by atoms with Crippen LogP contribution in [-0.2, 0) is 9.47 Å². The molecule has 1 aliphatic heterocycles. The fourth-order valence-electron chi connectivity index (χ4n) is 1.70. The lowest BCUT2D eigenvalue weighted by atomic mass is 10.2. The van der Waals surface area contributed by atoms with E-state index in [1.807, 2.05) is 18.2 Å². The Morgan fingerprint density at radius 1 is 1.22 bits per heavy atom. The highest BCUT2D eigenvalue weighted by atomic mass is 16.6. The van der Waals surface area contributed by atoms with Gasteiger partial charge in [0.2, 0.25) is 0 Å². The molecule has 98 valence electrons. The van der Waals surface area contributed by atoms with Crippen LogP contribution in [0.3, 0.4) is 0 Å². The molecule has 0 saturated carbocycles. The maximum absolute atomic E-state index is 11.8. The SMILES string of the molecule is O=C(NC[C@@H]1CO[C@H](CO)CO1)c1ccccc1. The minimum atomic E-state index is -0.244. The van der Waals surface area contributed by atoms with Gasteiger partial charge in [-0.15, -0.1) is 0 Å². The van der Waals surface area contributed by atoms with Gasteiger partial charge in [0.25, 0.3) is 5.91 Å². The average molecular weight is 251 g/mol. The van der Waals surface area contributed by atoms with E-state index in [2.05, 4.69) is 5.32 Å². The lowest BCUT2D eigenvalue weighted by molar-refractivity contribution is -0.142. The average Bonchev–Trinajstić information content (AvgIpc) is 2.46. The number of nitrogens with one attached hydrogen (secondary N) is 1. The molecule has 1 aromatic rings. The number of carbonyl (C=O) groups excluding carboxylic acids is 1. The molecular weight excluding hydrogens is 234 g/mol. The second-order valence-corrected chi connectivity index (χ2v) is 4.17. The maximum atomic E-state index is 11.8. The molecule has 1 saturated heterocycles. The standard InChI is InChI=1S/C13H17NO4/c15-7-12-9-17-11(8-18-12)6-14-13(16)10-4-2-1-3-5-10/h1-5,11-12,15H,6-9H2,(H,14,16)/t11-,12-/m1/s1. The summed E-state index contributed by atoms with van der Waals surface area (Å²) in [7, 11) is 0. The van der Waals surface area contributed by atoms with E-state index in [0.717, 1.165) is 0 Å². The van der Waals surface area contributed by atoms with Gasteiger partial charge in [-0.2, -0.15) is 0 Å². The van der Waals surface area contributed by atoms with Gasteiger partial charge < -0.3 is 19.9 Å². The molecule has 1 aromatic carbocycles. The molecule has 5 heteroatoms. The minimum absolute atomic E-state index is 0.0386. The molecule has 2 atom stereocenters. The zero-order chi connectivity index (χ0) is 12.8. The summed E-state index contributed by atoms with van der Waals surface area (Å²) in [6.45, 7) is 1.12. The number of ether oxygens (including phenoxy) is 2. The Morgan fingerprint density at radius 2 is 1.89 bits per heavy atom. The van der Waals surface area contributed by atoms with Gasteiger partial charge in [0.1, 0.15) is 6.10 Å². The quantitative estimate of drug-likeness (QED) is 0.801. The van der Waals surface area contributed by atoms with E-state index in [-0.39, 0.29) is 24.7 Å². The van der Waals surface area contributed by atoms with E-state index in [1.165, 1.54) is 0 Å². The third-order valence-corrected chi connectivity index (χ3v) is 2.77. The van der Waals surface area contributed by atoms with Crippen LogP contribution in [0, 0.1) is 0 Å². The summed E-state index contributed by atoms with van der Waals surface area (Å²) in [4.78, 5) is 11.8. The summed E-state index contributed by atoms with van der Waals surface area (Å²) >= 11 is 0. The molecule has 1 heterocycles. The molecule has 0 radical (unpaired) electrons. The van der Waals surface area contributed by atoms with Gasteiger partial charge >= 0.3 is 0 Å². The first-order chi connectivity index (χ1) is 8.79. The molecule has 1 fully saturated rings. The van der Waals surface area contributed by atoms with E-state index in [0.29, 0.717) is 25.3 Å². The van der Waals surface area contributed by atoms with Crippen molar-refractivity contribution in [2.24, 2.45) is 0 Å². The smallest absolute Gasteiger partial charge is 0.251 e. The first-order valence-corrected chi connectivity index (χ1v) is 5.97. The number of aliphatic hydroxyl groups excluding tert-OH is 1. The summed E-state index contributed by atoms with van der Waals surface area (Å²) in [6.07, 6.45) is -0.397. The first kappa shape index (κ1) is 13.0. The number of rotatable bonds is 4. The van der Waals surface area contributed by atoms with Crippen molar-refractivity contribution in [1.82, 2.24) is 5.32 Å². The van der Waals surface area contributed by atoms with Crippen LogP contribution in [0.4, 0.5) is 0 Å². The molecule has 1 amide bonds. The van der Waals surface area contributed by atoms with Gasteiger partial charge in [-0.25, -0.2) is 0 Å². The summed E-state index contributed by atoms with van der Waals surface area (Å²) in [6, 6.07) is 9.02. The van der Waals surface area contributed by atoms with Crippen LogP contribution < -0.4 is 5.32 Å². The van der Waals surface area contributed by atoms with Crippen molar-refractivity contribution in [2.75, 3.05) is 26.4 Å². The molecular formula is C13H17NO4. The molecule has 0 aliphatic carbocycles. The Morgan fingerprint density at radius 3 is 2.50 bits per heavy atom. The zero-order valence-electron chi connectivity index (χ0n) is 10.0. The minimum Gasteiger partial charge on any atom is -0.394 e. The van der Waals surface area contributed by atoms with Crippen molar-refractivity contribution < 1.29 is 19.4 Å². The predicted octanol–water partition coefficient (Wildman–Crippen LogP) is 0.193. The highest BCUT2D eigenvalue weighted by Gasteiger charge is 2.21. The Bertz CT molecular complexity index is 374. The van der Waals surface area contributed by atoms with Crippen LogP contribution in [0.25, 0.3) is 0 Å². The fraction of sp³-hybridized carbons (Fsp3) is 0.462. The monoisotopic (exact) mass is 251 g/mol. The molecule has 2 N–H and O–H groups in total. The molecule has 0 spiro atoms. The third kappa shape index (κ3) is 3.53. The van der Waals surface area contributed by atoms with Gasteiger partial charge in [0.05, 0.1) is 25.9 Å². The molecule has 0 aromatic heterocycles. The summed E-state index contributed by atoms with van der Waals surface area (Å²) < 4.78 is 10.8. The Labute approximate surface area is 106 Å². The number of hydrogen-bond acceptors (Lipinski definition) is 4. The highest BCUT2D eigenvalue weighted by molar-refractivity contribution is 5.94. The number of benzene rings is 1. The summed E-state index contributed by atoms with van der Waals surface area (Å²) in [5.74, 6) is -0.122. The van der Waals surface area contributed by atoms with Crippen LogP contribution in [0.1, 0.15) is 10.4 Å². The van der Waals surface area contributed by atoms with E-state index in [1.54, 1.807) is 12.1 Å². The van der Waals surface area contributed by atoms with Gasteiger partial charge in [-0.05, 0) is 12.1 Å². The summed E-state index contributed by atoms with van der Waals surface area (Å²) in [5, 5.41) is 11.7. The van der Waals surface area contributed by atoms with Crippen LogP contribution >= 0.6 is 0 Å². The number of aliphatic hydroxyl groups is 1. The van der Waals surface area contributed by atoms with Crippen molar-refractivity contribution in [3.05, 3.63) is 35.9 Å². The second kappa shape index (κ2) is 6.49. The number of amides is 1. The van der Waals surface area contributed by atoms with E-state index >= 15 is 0 Å². The van der Waals surface area contributed by atoms with E-state index in [4.69, 9.17) is 14.6 Å². The van der Waals surface area contributed by atoms with Crippen molar-refractivity contribution in [3.8, 4) is 0 Å². The van der Waals surface area contributed by atoms with Gasteiger partial charge in [0, 0.05) is 12.1 Å². The Hall–Kier alpha value is -1.43. The fourth-order valence-corrected chi connectivity index (χ4v) is 1.70. The van der Waals surface area contributed by atoms with Crippen LogP contribution in [-0.4, -0.2) is 49.6 Å². The second-order valence-electron chi connectivity index (χ2n) is 4.17. The normalized spacial score (nSPS) is 23.6. The van der Waals surface area contributed by atoms with Gasteiger partial charge in [-0.3, -0.25) is 4.79 Å². The molecule has 2 rings (SSSR count). The molecule has 5 nitrogen and oxygen atoms in total. The van der Waals surface area contributed by atoms with Crippen molar-refractivity contribution in [2.45, 2.75) is 12.2 Å². The molecule has 1 aliphatic rings. The molecule has 18 heavy (non-hydrogen) atoms. The van der Waals surface area contributed by atoms with E-state index in [9.17, 15) is 4.79 Å². The molecule has 0 bridgehead atoms. The number of carbonyl (C=O) groups is 1. The van der Waals surface area contributed by atoms with Gasteiger partial charge in [-0.1, -0.05) is 18.2 Å². The predicted molar refractivity (Wildman–Crippen MR) is 65.3 cm³/mol. The lowest BCUT2D eigenvalue weighted by Crippen LogP contribution is -2.43. The van der Waals surface area contributed by atoms with Crippen LogP contribution in [0.5, 0.6) is 0 Å². The lowest BCUT2D eigenvalue weighted by Gasteiger charge is -2.28. The van der Waals surface area contributed by atoms with E-state index < -0.39 is 0 Å². The van der Waals surface area contributed by atoms with Crippen molar-refractivity contribution in [3.63, 3.8) is 0 Å². The Kier molecular flexibility index (Phi) is 4.69. The summed E-state index contributed by atoms with van der Waals surface area (Å²) in [5.41, 5.74) is 0.627. The largest absolute Gasteiger partial charge is 0.394 e. The van der Waals surface area contributed by atoms with Crippen LogP contribution in [0.2, 0.25) is 0 Å². The zero-order valence-corrected chi connectivity index (χ0v) is 10.0. The van der Waals surface area contributed by atoms with Gasteiger partial charge in [0.15, 0.2) is 0 Å².